The molecule has 0 atom stereocenters. The Balaban J connectivity index is 2.11. The van der Waals surface area contributed by atoms with Gasteiger partial charge in [-0.2, -0.15) is 0 Å². The summed E-state index contributed by atoms with van der Waals surface area (Å²) in [6.07, 6.45) is 3.33. The first-order chi connectivity index (χ1) is 9.06. The molecule has 2 N–H and O–H groups in total. The van der Waals surface area contributed by atoms with Crippen molar-refractivity contribution in [3.05, 3.63) is 51.7 Å². The molecule has 0 unspecified atom stereocenters. The molecule has 0 aliphatic rings. The fraction of sp³-hybridized carbons (Fsp3) is 0. The van der Waals surface area contributed by atoms with Crippen molar-refractivity contribution in [1.82, 2.24) is 4.98 Å². The van der Waals surface area contributed by atoms with Gasteiger partial charge >= 0.3 is 0 Å². The van der Waals surface area contributed by atoms with Gasteiger partial charge in [0.15, 0.2) is 5.11 Å². The standard InChI is InChI=1S/C12H8Cl3N3S/c13-7-4-9(14)11(15)10(5-7)18-12(19)17-8-2-1-3-16-6-8/h1-6H,(H2,17,18,19). The van der Waals surface area contributed by atoms with Gasteiger partial charge in [0.2, 0.25) is 0 Å². The Morgan fingerprint density at radius 1 is 1.16 bits per heavy atom. The summed E-state index contributed by atoms with van der Waals surface area (Å²) in [5.74, 6) is 0. The predicted octanol–water partition coefficient (Wildman–Crippen LogP) is 4.85. The molecule has 0 aliphatic heterocycles. The van der Waals surface area contributed by atoms with Crippen molar-refractivity contribution in [1.29, 1.82) is 0 Å². The van der Waals surface area contributed by atoms with Crippen molar-refractivity contribution < 1.29 is 0 Å². The van der Waals surface area contributed by atoms with Gasteiger partial charge in [-0.15, -0.1) is 0 Å². The summed E-state index contributed by atoms with van der Waals surface area (Å²) >= 11 is 23.1. The van der Waals surface area contributed by atoms with Crippen LogP contribution < -0.4 is 10.6 Å². The van der Waals surface area contributed by atoms with Gasteiger partial charge in [0.1, 0.15) is 0 Å². The number of rotatable bonds is 2. The number of hydrogen-bond donors (Lipinski definition) is 2. The first-order valence-corrected chi connectivity index (χ1v) is 6.73. The van der Waals surface area contributed by atoms with Crippen LogP contribution in [-0.2, 0) is 0 Å². The largest absolute Gasteiger partial charge is 0.331 e. The van der Waals surface area contributed by atoms with Crippen LogP contribution in [0.3, 0.4) is 0 Å². The van der Waals surface area contributed by atoms with E-state index < -0.39 is 0 Å². The molecule has 3 nitrogen and oxygen atoms in total. The zero-order valence-electron chi connectivity index (χ0n) is 9.45. The van der Waals surface area contributed by atoms with Crippen LogP contribution in [-0.4, -0.2) is 10.1 Å². The van der Waals surface area contributed by atoms with Crippen LogP contribution in [0.25, 0.3) is 0 Å². The second-order valence-corrected chi connectivity index (χ2v) is 5.20. The number of anilines is 2. The highest BCUT2D eigenvalue weighted by Crippen LogP contribution is 2.33. The molecule has 1 aromatic heterocycles. The van der Waals surface area contributed by atoms with Crippen molar-refractivity contribution in [2.75, 3.05) is 10.6 Å². The normalized spacial score (nSPS) is 10.1. The Morgan fingerprint density at radius 3 is 2.63 bits per heavy atom. The lowest BCUT2D eigenvalue weighted by Gasteiger charge is -2.12. The fourth-order valence-electron chi connectivity index (χ4n) is 1.37. The Labute approximate surface area is 130 Å². The van der Waals surface area contributed by atoms with Crippen molar-refractivity contribution >= 4 is 63.5 Å². The third-order valence-electron chi connectivity index (χ3n) is 2.16. The Morgan fingerprint density at radius 2 is 1.95 bits per heavy atom. The molecule has 1 heterocycles. The maximum absolute atomic E-state index is 6.06. The highest BCUT2D eigenvalue weighted by molar-refractivity contribution is 7.80. The number of hydrogen-bond acceptors (Lipinski definition) is 2. The van der Waals surface area contributed by atoms with Gasteiger partial charge in [0.25, 0.3) is 0 Å². The second kappa shape index (κ2) is 6.39. The van der Waals surface area contributed by atoms with Crippen molar-refractivity contribution in [3.8, 4) is 0 Å². The second-order valence-electron chi connectivity index (χ2n) is 3.57. The van der Waals surface area contributed by atoms with E-state index >= 15 is 0 Å². The molecule has 0 radical (unpaired) electrons. The molecule has 19 heavy (non-hydrogen) atoms. The molecule has 1 aromatic carbocycles. The number of aromatic nitrogens is 1. The van der Waals surface area contributed by atoms with Crippen LogP contribution in [0.2, 0.25) is 15.1 Å². The van der Waals surface area contributed by atoms with E-state index in [1.807, 2.05) is 6.07 Å². The fourth-order valence-corrected chi connectivity index (χ4v) is 2.25. The molecule has 0 bridgehead atoms. The summed E-state index contributed by atoms with van der Waals surface area (Å²) < 4.78 is 0. The SMILES string of the molecule is S=C(Nc1cccnc1)Nc1cc(Cl)cc(Cl)c1Cl. The molecule has 98 valence electrons. The van der Waals surface area contributed by atoms with E-state index in [1.54, 1.807) is 30.6 Å². The number of halogens is 3. The quantitative estimate of drug-likeness (QED) is 0.609. The lowest BCUT2D eigenvalue weighted by Crippen LogP contribution is -2.19. The van der Waals surface area contributed by atoms with Gasteiger partial charge in [-0.05, 0) is 36.5 Å². The van der Waals surface area contributed by atoms with Crippen LogP contribution in [0.4, 0.5) is 11.4 Å². The number of pyridine rings is 1. The molecule has 0 saturated heterocycles. The summed E-state index contributed by atoms with van der Waals surface area (Å²) in [7, 11) is 0. The van der Waals surface area contributed by atoms with Gasteiger partial charge in [-0.1, -0.05) is 34.8 Å². The van der Waals surface area contributed by atoms with Crippen LogP contribution in [0.1, 0.15) is 0 Å². The number of nitrogens with one attached hydrogen (secondary N) is 2. The van der Waals surface area contributed by atoms with Gasteiger partial charge < -0.3 is 10.6 Å². The zero-order valence-corrected chi connectivity index (χ0v) is 12.5. The number of thiocarbonyl (C=S) groups is 1. The molecule has 0 aliphatic carbocycles. The van der Waals surface area contributed by atoms with E-state index in [-0.39, 0.29) is 0 Å². The van der Waals surface area contributed by atoms with Crippen molar-refractivity contribution in [3.63, 3.8) is 0 Å². The van der Waals surface area contributed by atoms with E-state index in [4.69, 9.17) is 47.0 Å². The average Bonchev–Trinajstić information content (AvgIpc) is 2.36. The molecular formula is C12H8Cl3N3S. The third kappa shape index (κ3) is 3.94. The summed E-state index contributed by atoms with van der Waals surface area (Å²) in [4.78, 5) is 3.97. The van der Waals surface area contributed by atoms with Gasteiger partial charge in [-0.25, -0.2) is 0 Å². The smallest absolute Gasteiger partial charge is 0.175 e. The minimum Gasteiger partial charge on any atom is -0.331 e. The zero-order chi connectivity index (χ0) is 13.8. The summed E-state index contributed by atoms with van der Waals surface area (Å²) in [5, 5.41) is 7.47. The lowest BCUT2D eigenvalue weighted by molar-refractivity contribution is 1.33. The van der Waals surface area contributed by atoms with E-state index in [0.29, 0.717) is 25.9 Å². The maximum atomic E-state index is 6.06. The summed E-state index contributed by atoms with van der Waals surface area (Å²) in [5.41, 5.74) is 1.31. The molecule has 0 amide bonds. The maximum Gasteiger partial charge on any atom is 0.175 e. The number of benzene rings is 1. The van der Waals surface area contributed by atoms with E-state index in [0.717, 1.165) is 5.69 Å². The first-order valence-electron chi connectivity index (χ1n) is 5.19. The molecule has 2 aromatic rings. The molecule has 0 spiro atoms. The summed E-state index contributed by atoms with van der Waals surface area (Å²) in [6, 6.07) is 6.85. The number of nitrogens with zero attached hydrogens (tertiary/aromatic N) is 1. The monoisotopic (exact) mass is 331 g/mol. The van der Waals surface area contributed by atoms with Crippen LogP contribution in [0.15, 0.2) is 36.7 Å². The van der Waals surface area contributed by atoms with Crippen LogP contribution >= 0.6 is 47.0 Å². The third-order valence-corrected chi connectivity index (χ3v) is 3.38. The Hall–Kier alpha value is -1.07. The highest BCUT2D eigenvalue weighted by atomic mass is 35.5. The Kier molecular flexibility index (Phi) is 4.82. The van der Waals surface area contributed by atoms with Crippen LogP contribution in [0.5, 0.6) is 0 Å². The minimum atomic E-state index is 0.362. The molecule has 2 rings (SSSR count). The predicted molar refractivity (Wildman–Crippen MR) is 85.6 cm³/mol. The molecule has 0 fully saturated rings. The molecule has 7 heteroatoms. The Bertz CT molecular complexity index is 605. The summed E-state index contributed by atoms with van der Waals surface area (Å²) in [6.45, 7) is 0. The topological polar surface area (TPSA) is 37.0 Å². The van der Waals surface area contributed by atoms with E-state index in [1.165, 1.54) is 0 Å². The van der Waals surface area contributed by atoms with Crippen molar-refractivity contribution in [2.24, 2.45) is 0 Å². The minimum absolute atomic E-state index is 0.362. The first kappa shape index (κ1) is 14.3. The van der Waals surface area contributed by atoms with Gasteiger partial charge in [0.05, 0.1) is 27.6 Å². The van der Waals surface area contributed by atoms with Crippen molar-refractivity contribution in [2.45, 2.75) is 0 Å². The highest BCUT2D eigenvalue weighted by Gasteiger charge is 2.08. The van der Waals surface area contributed by atoms with Crippen LogP contribution in [0, 0.1) is 0 Å². The lowest BCUT2D eigenvalue weighted by atomic mass is 10.3. The molecule has 0 saturated carbocycles. The van der Waals surface area contributed by atoms with E-state index in [2.05, 4.69) is 15.6 Å². The van der Waals surface area contributed by atoms with Gasteiger partial charge in [0, 0.05) is 11.2 Å². The average molecular weight is 333 g/mol. The van der Waals surface area contributed by atoms with E-state index in [9.17, 15) is 0 Å². The molecular weight excluding hydrogens is 325 g/mol. The van der Waals surface area contributed by atoms with Gasteiger partial charge in [-0.3, -0.25) is 4.98 Å².